The van der Waals surface area contributed by atoms with Gasteiger partial charge in [-0.05, 0) is 272 Å². The molecule has 0 heterocycles. The number of hydrogen-bond acceptors (Lipinski definition) is 4. The number of amides is 2. The minimum atomic E-state index is 0.0489. The van der Waals surface area contributed by atoms with E-state index < -0.39 is 0 Å². The molecule has 0 aliphatic rings. The fourth-order valence-electron chi connectivity index (χ4n) is 16.8. The van der Waals surface area contributed by atoms with Crippen molar-refractivity contribution in [1.82, 2.24) is 19.6 Å². The number of rotatable bonds is 92. The number of hydrogen-bond donors (Lipinski definition) is 0. The van der Waals surface area contributed by atoms with Crippen molar-refractivity contribution in [1.29, 1.82) is 0 Å². The molecule has 0 aliphatic heterocycles. The molecule has 0 spiro atoms. The molecule has 3 atom stereocenters. The molecule has 0 saturated heterocycles. The summed E-state index contributed by atoms with van der Waals surface area (Å²) >= 11 is 0. The molecule has 6 nitrogen and oxygen atoms in total. The number of unbranched alkanes of at least 4 members (excludes halogenated alkanes) is 44. The summed E-state index contributed by atoms with van der Waals surface area (Å²) in [5.41, 5.74) is 0. The minimum absolute atomic E-state index is 0.0489. The molecule has 0 N–H and O–H groups in total. The van der Waals surface area contributed by atoms with Crippen molar-refractivity contribution in [3.63, 3.8) is 0 Å². The van der Waals surface area contributed by atoms with Crippen molar-refractivity contribution >= 4 is 11.8 Å². The fraction of sp³-hybridized carbons (Fsp3) is 0.802. The number of nitrogens with zero attached hydrogens (tertiary/aromatic N) is 4. The van der Waals surface area contributed by atoms with Gasteiger partial charge in [0.05, 0.1) is 0 Å². The van der Waals surface area contributed by atoms with E-state index in [4.69, 9.17) is 0 Å². The van der Waals surface area contributed by atoms with E-state index in [-0.39, 0.29) is 12.0 Å². The molecule has 0 aliphatic carbocycles. The third kappa shape index (κ3) is 81.7. The summed E-state index contributed by atoms with van der Waals surface area (Å²) in [6.07, 6.45) is 134. The zero-order valence-electron chi connectivity index (χ0n) is 80.5. The van der Waals surface area contributed by atoms with Crippen LogP contribution in [0.25, 0.3) is 0 Å². The smallest absolute Gasteiger partial charge is 0.225 e. The highest BCUT2D eigenvalue weighted by atomic mass is 16.2. The molecule has 0 fully saturated rings. The van der Waals surface area contributed by atoms with Crippen LogP contribution in [0, 0.1) is 11.8 Å². The highest BCUT2D eigenvalue weighted by molar-refractivity contribution is 5.79. The van der Waals surface area contributed by atoms with E-state index in [1.54, 1.807) is 0 Å². The summed E-state index contributed by atoms with van der Waals surface area (Å²) in [6.45, 7) is 17.5. The molecular formula is C111H204N4O2. The Hall–Kier alpha value is -3.74. The van der Waals surface area contributed by atoms with Crippen LogP contribution in [-0.2, 0) is 9.59 Å². The Labute approximate surface area is 733 Å². The van der Waals surface area contributed by atoms with E-state index in [9.17, 15) is 0 Å². The molecule has 0 rings (SSSR count). The van der Waals surface area contributed by atoms with E-state index >= 15 is 9.59 Å². The van der Waals surface area contributed by atoms with Crippen LogP contribution >= 0.6 is 0 Å². The van der Waals surface area contributed by atoms with Gasteiger partial charge < -0.3 is 19.6 Å². The number of allylic oxidation sites excluding steroid dienone is 20. The Balaban J connectivity index is 7.32. The molecule has 0 saturated carbocycles. The first kappa shape index (κ1) is 113. The van der Waals surface area contributed by atoms with Crippen LogP contribution in [0.2, 0.25) is 0 Å². The predicted octanol–water partition coefficient (Wildman–Crippen LogP) is 35.1. The number of carbonyl (C=O) groups excluding carboxylic acids is 2. The van der Waals surface area contributed by atoms with Crippen molar-refractivity contribution in [2.45, 2.75) is 510 Å². The molecule has 0 aromatic carbocycles. The largest absolute Gasteiger partial charge is 0.340 e. The van der Waals surface area contributed by atoms with Gasteiger partial charge in [-0.15, -0.1) is 0 Å². The Morgan fingerprint density at radius 1 is 0.222 bits per heavy atom. The quantitative estimate of drug-likeness (QED) is 0.0450. The monoisotopic (exact) mass is 1630 g/mol. The molecular weight excluding hydrogens is 1420 g/mol. The van der Waals surface area contributed by atoms with E-state index in [2.05, 4.69) is 211 Å². The normalized spacial score (nSPS) is 13.4. The minimum Gasteiger partial charge on any atom is -0.340 e. The topological polar surface area (TPSA) is 47.1 Å². The molecule has 0 aromatic heterocycles. The Morgan fingerprint density at radius 3 is 0.778 bits per heavy atom. The van der Waals surface area contributed by atoms with Gasteiger partial charge in [-0.25, -0.2) is 0 Å². The second-order valence-electron chi connectivity index (χ2n) is 36.4. The maximum absolute atomic E-state index is 16.3. The zero-order valence-corrected chi connectivity index (χ0v) is 80.5. The Morgan fingerprint density at radius 2 is 0.470 bits per heavy atom. The van der Waals surface area contributed by atoms with Crippen LogP contribution < -0.4 is 0 Å². The van der Waals surface area contributed by atoms with Gasteiger partial charge in [0.1, 0.15) is 0 Å². The summed E-state index contributed by atoms with van der Waals surface area (Å²) < 4.78 is 0. The second kappa shape index (κ2) is 94.5. The summed E-state index contributed by atoms with van der Waals surface area (Å²) in [4.78, 5) is 41.2. The lowest BCUT2D eigenvalue weighted by molar-refractivity contribution is -0.139. The first-order valence-corrected chi connectivity index (χ1v) is 52.0. The molecule has 0 aromatic rings. The van der Waals surface area contributed by atoms with Crippen LogP contribution in [0.4, 0.5) is 0 Å². The van der Waals surface area contributed by atoms with E-state index in [1.165, 1.54) is 334 Å². The molecule has 117 heavy (non-hydrogen) atoms. The average Bonchev–Trinajstić information content (AvgIpc) is 0.857. The van der Waals surface area contributed by atoms with Crippen LogP contribution in [0.15, 0.2) is 122 Å². The van der Waals surface area contributed by atoms with Crippen LogP contribution in [0.3, 0.4) is 0 Å². The van der Waals surface area contributed by atoms with E-state index in [1.807, 2.05) is 0 Å². The van der Waals surface area contributed by atoms with Crippen molar-refractivity contribution in [2.24, 2.45) is 11.8 Å². The van der Waals surface area contributed by atoms with Gasteiger partial charge in [0.15, 0.2) is 0 Å². The van der Waals surface area contributed by atoms with Gasteiger partial charge in [-0.1, -0.05) is 388 Å². The van der Waals surface area contributed by atoms with Crippen LogP contribution in [0.1, 0.15) is 497 Å². The average molecular weight is 1630 g/mol. The van der Waals surface area contributed by atoms with Crippen LogP contribution in [-0.4, -0.2) is 97.9 Å². The van der Waals surface area contributed by atoms with Crippen LogP contribution in [0.5, 0.6) is 0 Å². The third-order valence-corrected chi connectivity index (χ3v) is 24.4. The Bertz CT molecular complexity index is 2300. The van der Waals surface area contributed by atoms with E-state index in [0.717, 1.165) is 142 Å². The first-order valence-electron chi connectivity index (χ1n) is 52.0. The van der Waals surface area contributed by atoms with Gasteiger partial charge in [0.2, 0.25) is 11.8 Å². The predicted molar refractivity (Wildman–Crippen MR) is 528 cm³/mol. The Kier molecular flexibility index (Phi) is 91.5. The third-order valence-electron chi connectivity index (χ3n) is 24.4. The molecule has 0 bridgehead atoms. The van der Waals surface area contributed by atoms with Crippen molar-refractivity contribution in [2.75, 3.05) is 54.4 Å². The molecule has 680 valence electrons. The van der Waals surface area contributed by atoms with Gasteiger partial charge in [0.25, 0.3) is 0 Å². The lowest BCUT2D eigenvalue weighted by Gasteiger charge is -2.37. The SMILES string of the molecule is CCCCC/C=C\C/C=C\CCCCCCCCC(CC(CCCCCC/C=C\C/C=C\CCCCC)CCC(CCCCC)C(=O)N(CCCN(C)C)C(CCCCCCCC/C=C\C/C=C\CCCCC)CCCCCCCC/C=C\C/C=C\CCCCC)N(CCCN(C)C)C(=O)CCCCCCC/C=C\C/C=C\CCCCC. The number of carbonyl (C=O) groups is 2. The first-order chi connectivity index (χ1) is 57.6. The summed E-state index contributed by atoms with van der Waals surface area (Å²) in [6, 6.07) is 0.548. The summed E-state index contributed by atoms with van der Waals surface area (Å²) in [7, 11) is 8.85. The molecule has 0 radical (unpaired) electrons. The maximum atomic E-state index is 16.3. The summed E-state index contributed by atoms with van der Waals surface area (Å²) in [5, 5.41) is 0. The lowest BCUT2D eigenvalue weighted by atomic mass is 9.83. The van der Waals surface area contributed by atoms with Gasteiger partial charge in [-0.2, -0.15) is 0 Å². The van der Waals surface area contributed by atoms with Gasteiger partial charge in [0, 0.05) is 37.5 Å². The van der Waals surface area contributed by atoms with Crippen molar-refractivity contribution in [3.8, 4) is 0 Å². The standard InChI is InChI=1S/C111H204N4O2/c1-11-17-23-28-33-38-43-48-53-57-61-66-71-76-81-87-95-108(96-88-82-77-72-67-62-58-54-49-44-39-34-29-24-18-12-2)115(104-92-102-113(9)10)111(117)107(94-85-22-16-6)100-99-106(93-86-80-75-70-65-60-52-47-42-37-32-27-21-15-5)105-109(97-89-83-78-73-68-63-59-55-50-45-40-35-30-25-19-13-3)114(103-91-101-112(7)8)110(116)98-90-84-79-74-69-64-56-51-46-41-36-31-26-20-14-4/h33-42,48-56,60,106-109H,11-32,43-47,57-59,61-105H2,1-10H3/b38-33-,39-34-,40-35-,41-36-,42-37-,53-48-,54-49-,55-50-,56-51-,60-52-. The highest BCUT2D eigenvalue weighted by Gasteiger charge is 2.32. The molecule has 2 amide bonds. The van der Waals surface area contributed by atoms with Gasteiger partial charge in [-0.3, -0.25) is 9.59 Å². The van der Waals surface area contributed by atoms with Crippen molar-refractivity contribution < 1.29 is 9.59 Å². The lowest BCUT2D eigenvalue weighted by Crippen LogP contribution is -2.45. The van der Waals surface area contributed by atoms with Crippen molar-refractivity contribution in [3.05, 3.63) is 122 Å². The summed E-state index contributed by atoms with van der Waals surface area (Å²) in [5.74, 6) is 1.44. The fourth-order valence-corrected chi connectivity index (χ4v) is 16.8. The molecule has 6 heteroatoms. The molecule has 3 unspecified atom stereocenters. The van der Waals surface area contributed by atoms with Gasteiger partial charge >= 0.3 is 0 Å². The van der Waals surface area contributed by atoms with E-state index in [0.29, 0.717) is 30.2 Å². The highest BCUT2D eigenvalue weighted by Crippen LogP contribution is 2.33. The zero-order chi connectivity index (χ0) is 84.9. The maximum Gasteiger partial charge on any atom is 0.225 e. The second-order valence-corrected chi connectivity index (χ2v) is 36.4.